The number of amides is 1. The number of carbonyl (C=O) groups is 1. The van der Waals surface area contributed by atoms with Crippen molar-refractivity contribution < 1.29 is 13.2 Å². The second-order valence-electron chi connectivity index (χ2n) is 4.42. The molecule has 0 radical (unpaired) electrons. The minimum Gasteiger partial charge on any atom is -0.311 e. The van der Waals surface area contributed by atoms with Crippen molar-refractivity contribution in [2.24, 2.45) is 5.14 Å². The smallest absolute Gasteiger partial charge is 0.228 e. The molecule has 1 atom stereocenters. The third-order valence-electron chi connectivity index (χ3n) is 3.06. The molecule has 1 saturated heterocycles. The first-order chi connectivity index (χ1) is 8.91. The Morgan fingerprint density at radius 2 is 2.21 bits per heavy atom. The fourth-order valence-electron chi connectivity index (χ4n) is 2.07. The van der Waals surface area contributed by atoms with Gasteiger partial charge < -0.3 is 4.90 Å². The number of anilines is 1. The van der Waals surface area contributed by atoms with Crippen LogP contribution in [-0.4, -0.2) is 26.1 Å². The number of hydrogen-bond donors (Lipinski definition) is 1. The second kappa shape index (κ2) is 4.99. The van der Waals surface area contributed by atoms with Gasteiger partial charge in [-0.25, -0.2) is 13.6 Å². The highest BCUT2D eigenvalue weighted by Gasteiger charge is 2.37. The summed E-state index contributed by atoms with van der Waals surface area (Å²) < 4.78 is 22.6. The minimum atomic E-state index is -3.71. The predicted octanol–water partition coefficient (Wildman–Crippen LogP) is 0.146. The molecule has 0 spiro atoms. The van der Waals surface area contributed by atoms with Gasteiger partial charge in [0.1, 0.15) is 5.25 Å². The molecule has 2 N–H and O–H groups in total. The van der Waals surface area contributed by atoms with Crippen LogP contribution in [0.5, 0.6) is 0 Å². The van der Waals surface area contributed by atoms with Crippen LogP contribution in [-0.2, 0) is 21.2 Å². The summed E-state index contributed by atoms with van der Waals surface area (Å²) in [6, 6.07) is 8.97. The maximum Gasteiger partial charge on any atom is 0.228 e. The van der Waals surface area contributed by atoms with Gasteiger partial charge in [-0.1, -0.05) is 12.1 Å². The molecule has 1 heterocycles. The van der Waals surface area contributed by atoms with Crippen LogP contribution in [0, 0.1) is 11.3 Å². The number of nitriles is 1. The molecule has 1 fully saturated rings. The molecule has 0 saturated carbocycles. The van der Waals surface area contributed by atoms with Gasteiger partial charge in [-0.3, -0.25) is 4.79 Å². The maximum atomic E-state index is 11.8. The van der Waals surface area contributed by atoms with E-state index in [0.29, 0.717) is 5.69 Å². The fourth-order valence-corrected chi connectivity index (χ4v) is 2.80. The zero-order valence-electron chi connectivity index (χ0n) is 10.1. The van der Waals surface area contributed by atoms with Crippen LogP contribution in [0.3, 0.4) is 0 Å². The topological polar surface area (TPSA) is 104 Å². The van der Waals surface area contributed by atoms with E-state index in [9.17, 15) is 13.2 Å². The van der Waals surface area contributed by atoms with Gasteiger partial charge in [0.05, 0.1) is 12.5 Å². The van der Waals surface area contributed by atoms with E-state index in [1.54, 1.807) is 24.3 Å². The molecule has 1 aromatic carbocycles. The van der Waals surface area contributed by atoms with Crippen molar-refractivity contribution in [3.8, 4) is 6.07 Å². The quantitative estimate of drug-likeness (QED) is 0.850. The summed E-state index contributed by atoms with van der Waals surface area (Å²) in [5, 5.41) is 12.9. The number of nitrogens with two attached hydrogens (primary N) is 1. The third-order valence-corrected chi connectivity index (χ3v) is 4.30. The van der Waals surface area contributed by atoms with Crippen molar-refractivity contribution in [3.05, 3.63) is 29.8 Å². The molecule has 1 aromatic rings. The highest BCUT2D eigenvalue weighted by Crippen LogP contribution is 2.25. The van der Waals surface area contributed by atoms with E-state index in [1.165, 1.54) is 4.90 Å². The zero-order valence-corrected chi connectivity index (χ0v) is 10.9. The van der Waals surface area contributed by atoms with Crippen molar-refractivity contribution >= 4 is 21.6 Å². The summed E-state index contributed by atoms with van der Waals surface area (Å²) in [5.41, 5.74) is 1.38. The third kappa shape index (κ3) is 2.92. The molecule has 1 amide bonds. The number of rotatable bonds is 3. The van der Waals surface area contributed by atoms with Gasteiger partial charge >= 0.3 is 0 Å². The molecule has 0 aliphatic carbocycles. The Morgan fingerprint density at radius 3 is 2.79 bits per heavy atom. The summed E-state index contributed by atoms with van der Waals surface area (Å²) >= 11 is 0. The van der Waals surface area contributed by atoms with E-state index in [-0.39, 0.29) is 25.3 Å². The molecule has 1 unspecified atom stereocenters. The molecule has 6 nitrogen and oxygen atoms in total. The monoisotopic (exact) mass is 279 g/mol. The van der Waals surface area contributed by atoms with Crippen LogP contribution < -0.4 is 10.0 Å². The first-order valence-electron chi connectivity index (χ1n) is 5.69. The number of nitrogens with zero attached hydrogens (tertiary/aromatic N) is 2. The van der Waals surface area contributed by atoms with E-state index in [4.69, 9.17) is 10.4 Å². The molecule has 1 aliphatic heterocycles. The number of benzene rings is 1. The molecule has 1 aliphatic rings. The lowest BCUT2D eigenvalue weighted by Crippen LogP contribution is -2.32. The van der Waals surface area contributed by atoms with Crippen molar-refractivity contribution in [2.75, 3.05) is 11.4 Å². The first kappa shape index (κ1) is 13.5. The van der Waals surface area contributed by atoms with Gasteiger partial charge in [-0.15, -0.1) is 0 Å². The SMILES string of the molecule is N#CCc1cccc(N2CC(S(N)(=O)=O)CC2=O)c1. The second-order valence-corrected chi connectivity index (χ2v) is 6.27. The standard InChI is InChI=1S/C12H13N3O3S/c13-5-4-9-2-1-3-10(6-9)15-8-11(7-12(15)16)19(14,17)18/h1-3,6,11H,4,7-8H2,(H2,14,17,18). The molecular weight excluding hydrogens is 266 g/mol. The summed E-state index contributed by atoms with van der Waals surface area (Å²) in [7, 11) is -3.71. The van der Waals surface area contributed by atoms with Gasteiger partial charge in [-0.05, 0) is 17.7 Å². The Morgan fingerprint density at radius 1 is 1.47 bits per heavy atom. The average molecular weight is 279 g/mol. The highest BCUT2D eigenvalue weighted by molar-refractivity contribution is 7.89. The Kier molecular flexibility index (Phi) is 3.55. The van der Waals surface area contributed by atoms with Gasteiger partial charge in [0.2, 0.25) is 15.9 Å². The van der Waals surface area contributed by atoms with Crippen molar-refractivity contribution in [1.29, 1.82) is 5.26 Å². The molecule has 7 heteroatoms. The number of sulfonamides is 1. The Labute approximate surface area is 111 Å². The normalized spacial score (nSPS) is 19.5. The van der Waals surface area contributed by atoms with Crippen molar-refractivity contribution in [1.82, 2.24) is 0 Å². The van der Waals surface area contributed by atoms with Crippen LogP contribution >= 0.6 is 0 Å². The van der Waals surface area contributed by atoms with Crippen LogP contribution in [0.4, 0.5) is 5.69 Å². The molecular formula is C12H13N3O3S. The lowest BCUT2D eigenvalue weighted by molar-refractivity contribution is -0.117. The largest absolute Gasteiger partial charge is 0.311 e. The Hall–Kier alpha value is -1.91. The van der Waals surface area contributed by atoms with Crippen LogP contribution in [0.1, 0.15) is 12.0 Å². The van der Waals surface area contributed by atoms with E-state index in [0.717, 1.165) is 5.56 Å². The summed E-state index contributed by atoms with van der Waals surface area (Å²) in [6.45, 7) is 0.0632. The van der Waals surface area contributed by atoms with Gasteiger partial charge in [0.25, 0.3) is 0 Å². The van der Waals surface area contributed by atoms with Gasteiger partial charge in [0.15, 0.2) is 0 Å². The van der Waals surface area contributed by atoms with Gasteiger partial charge in [-0.2, -0.15) is 5.26 Å². The summed E-state index contributed by atoms with van der Waals surface area (Å²) in [6.07, 6.45) is 0.149. The van der Waals surface area contributed by atoms with Gasteiger partial charge in [0, 0.05) is 18.7 Å². The molecule has 19 heavy (non-hydrogen) atoms. The molecule has 0 bridgehead atoms. The van der Waals surface area contributed by atoms with Crippen molar-refractivity contribution in [3.63, 3.8) is 0 Å². The van der Waals surface area contributed by atoms with E-state index in [1.807, 2.05) is 6.07 Å². The lowest BCUT2D eigenvalue weighted by Gasteiger charge is -2.16. The van der Waals surface area contributed by atoms with E-state index in [2.05, 4.69) is 0 Å². The van der Waals surface area contributed by atoms with Crippen LogP contribution in [0.25, 0.3) is 0 Å². The number of carbonyl (C=O) groups excluding carboxylic acids is 1. The first-order valence-corrected chi connectivity index (χ1v) is 7.30. The zero-order chi connectivity index (χ0) is 14.0. The Balaban J connectivity index is 2.26. The number of primary sulfonamides is 1. The molecule has 100 valence electrons. The number of hydrogen-bond acceptors (Lipinski definition) is 4. The van der Waals surface area contributed by atoms with E-state index < -0.39 is 15.3 Å². The molecule has 0 aromatic heterocycles. The lowest BCUT2D eigenvalue weighted by atomic mass is 10.1. The van der Waals surface area contributed by atoms with E-state index >= 15 is 0 Å². The fraction of sp³-hybridized carbons (Fsp3) is 0.333. The maximum absolute atomic E-state index is 11.8. The highest BCUT2D eigenvalue weighted by atomic mass is 32.2. The molecule has 2 rings (SSSR count). The van der Waals surface area contributed by atoms with Crippen LogP contribution in [0.15, 0.2) is 24.3 Å². The Bertz CT molecular complexity index is 648. The summed E-state index contributed by atoms with van der Waals surface area (Å²) in [4.78, 5) is 13.2. The van der Waals surface area contributed by atoms with Crippen LogP contribution in [0.2, 0.25) is 0 Å². The average Bonchev–Trinajstić information content (AvgIpc) is 2.72. The van der Waals surface area contributed by atoms with Crippen molar-refractivity contribution in [2.45, 2.75) is 18.1 Å². The summed E-state index contributed by atoms with van der Waals surface area (Å²) in [5.74, 6) is -0.270. The minimum absolute atomic E-state index is 0.0632. The predicted molar refractivity (Wildman–Crippen MR) is 69.6 cm³/mol.